The molecule has 1 saturated carbocycles. The molecule has 1 N–H and O–H groups in total. The van der Waals surface area contributed by atoms with Gasteiger partial charge in [-0.2, -0.15) is 0 Å². The average Bonchev–Trinajstić information content (AvgIpc) is 3.13. The lowest BCUT2D eigenvalue weighted by Gasteiger charge is -2.25. The highest BCUT2D eigenvalue weighted by molar-refractivity contribution is 7.20. The van der Waals surface area contributed by atoms with E-state index in [9.17, 15) is 4.79 Å². The second kappa shape index (κ2) is 6.02. The molecule has 0 spiro atoms. The van der Waals surface area contributed by atoms with Gasteiger partial charge >= 0.3 is 0 Å². The van der Waals surface area contributed by atoms with Gasteiger partial charge in [-0.05, 0) is 50.3 Å². The molecule has 6 heteroatoms. The van der Waals surface area contributed by atoms with Crippen LogP contribution in [0.25, 0.3) is 21.8 Å². The topological polar surface area (TPSA) is 68.0 Å². The minimum absolute atomic E-state index is 0.00125. The largest absolute Gasteiger partial charge is 0.461 e. The van der Waals surface area contributed by atoms with Crippen molar-refractivity contribution in [3.8, 4) is 11.6 Å². The molecule has 24 heavy (non-hydrogen) atoms. The summed E-state index contributed by atoms with van der Waals surface area (Å²) in [6.45, 7) is 4.70. The number of carbonyl (C=O) groups is 1. The summed E-state index contributed by atoms with van der Waals surface area (Å²) in [6, 6.07) is 3.66. The molecule has 1 aliphatic carbocycles. The maximum atomic E-state index is 12.5. The van der Waals surface area contributed by atoms with Crippen molar-refractivity contribution in [2.24, 2.45) is 5.92 Å². The van der Waals surface area contributed by atoms with Crippen LogP contribution in [0.5, 0.6) is 0 Å². The summed E-state index contributed by atoms with van der Waals surface area (Å²) in [7, 11) is 0. The normalized spacial score (nSPS) is 14.8. The van der Waals surface area contributed by atoms with Gasteiger partial charge in [0.15, 0.2) is 11.6 Å². The van der Waals surface area contributed by atoms with Crippen LogP contribution in [0, 0.1) is 19.8 Å². The van der Waals surface area contributed by atoms with Crippen LogP contribution in [0.15, 0.2) is 22.8 Å². The third-order valence-electron chi connectivity index (χ3n) is 4.69. The van der Waals surface area contributed by atoms with E-state index < -0.39 is 0 Å². The van der Waals surface area contributed by atoms with Gasteiger partial charge in [-0.25, -0.2) is 9.97 Å². The van der Waals surface area contributed by atoms with Gasteiger partial charge < -0.3 is 9.73 Å². The summed E-state index contributed by atoms with van der Waals surface area (Å²) in [6.07, 6.45) is 5.34. The SMILES string of the molecule is Cc1nc(-c2ccco2)nc2sc(C(=O)NCC3CCC3)c(C)c12. The molecule has 1 aliphatic rings. The first-order valence-electron chi connectivity index (χ1n) is 8.23. The predicted molar refractivity (Wildman–Crippen MR) is 94.3 cm³/mol. The molecule has 0 aliphatic heterocycles. The summed E-state index contributed by atoms with van der Waals surface area (Å²) in [5.41, 5.74) is 1.84. The van der Waals surface area contributed by atoms with Crippen molar-refractivity contribution >= 4 is 27.5 Å². The summed E-state index contributed by atoms with van der Waals surface area (Å²) in [5.74, 6) is 1.85. The Morgan fingerprint density at radius 1 is 1.38 bits per heavy atom. The third kappa shape index (κ3) is 2.60. The Bertz CT molecular complexity index is 895. The quantitative estimate of drug-likeness (QED) is 0.776. The molecule has 0 atom stereocenters. The average molecular weight is 341 g/mol. The van der Waals surface area contributed by atoms with E-state index in [-0.39, 0.29) is 5.91 Å². The molecule has 3 aromatic heterocycles. The van der Waals surface area contributed by atoms with Crippen LogP contribution in [0.4, 0.5) is 0 Å². The number of amides is 1. The number of aryl methyl sites for hydroxylation is 2. The summed E-state index contributed by atoms with van der Waals surface area (Å²) < 4.78 is 5.39. The zero-order valence-corrected chi connectivity index (χ0v) is 14.6. The Kier molecular flexibility index (Phi) is 3.84. The van der Waals surface area contributed by atoms with E-state index in [1.165, 1.54) is 30.6 Å². The molecule has 0 radical (unpaired) electrons. The molecule has 0 bridgehead atoms. The summed E-state index contributed by atoms with van der Waals surface area (Å²) in [5, 5.41) is 4.05. The van der Waals surface area contributed by atoms with E-state index >= 15 is 0 Å². The fourth-order valence-corrected chi connectivity index (χ4v) is 4.23. The van der Waals surface area contributed by atoms with Crippen molar-refractivity contribution in [3.05, 3.63) is 34.5 Å². The van der Waals surface area contributed by atoms with Gasteiger partial charge in [-0.3, -0.25) is 4.79 Å². The lowest BCUT2D eigenvalue weighted by molar-refractivity contribution is 0.0942. The number of carbonyl (C=O) groups excluding carboxylic acids is 1. The number of nitrogens with zero attached hydrogens (tertiary/aromatic N) is 2. The van der Waals surface area contributed by atoms with Crippen molar-refractivity contribution in [1.29, 1.82) is 0 Å². The van der Waals surface area contributed by atoms with Gasteiger partial charge in [0.2, 0.25) is 0 Å². The number of rotatable bonds is 4. The number of thiophene rings is 1. The van der Waals surface area contributed by atoms with Gasteiger partial charge in [0.25, 0.3) is 5.91 Å². The maximum Gasteiger partial charge on any atom is 0.261 e. The molecule has 0 unspecified atom stereocenters. The van der Waals surface area contributed by atoms with Crippen LogP contribution < -0.4 is 5.32 Å². The van der Waals surface area contributed by atoms with E-state index in [1.807, 2.05) is 26.0 Å². The highest BCUT2D eigenvalue weighted by Crippen LogP contribution is 2.33. The molecule has 1 fully saturated rings. The molecule has 124 valence electrons. The Labute approximate surface area is 144 Å². The van der Waals surface area contributed by atoms with Crippen LogP contribution in [0.2, 0.25) is 0 Å². The van der Waals surface area contributed by atoms with E-state index in [0.29, 0.717) is 17.5 Å². The van der Waals surface area contributed by atoms with E-state index in [0.717, 1.165) is 32.9 Å². The smallest absolute Gasteiger partial charge is 0.261 e. The van der Waals surface area contributed by atoms with E-state index in [1.54, 1.807) is 6.26 Å². The Morgan fingerprint density at radius 2 is 2.21 bits per heavy atom. The van der Waals surface area contributed by atoms with Crippen molar-refractivity contribution in [1.82, 2.24) is 15.3 Å². The lowest BCUT2D eigenvalue weighted by atomic mass is 9.85. The number of nitrogens with one attached hydrogen (secondary N) is 1. The zero-order valence-electron chi connectivity index (χ0n) is 13.8. The Morgan fingerprint density at radius 3 is 2.88 bits per heavy atom. The monoisotopic (exact) mass is 341 g/mol. The highest BCUT2D eigenvalue weighted by Gasteiger charge is 2.22. The Hall–Kier alpha value is -2.21. The van der Waals surface area contributed by atoms with Crippen LogP contribution in [-0.2, 0) is 0 Å². The van der Waals surface area contributed by atoms with Crippen molar-refractivity contribution in [2.45, 2.75) is 33.1 Å². The van der Waals surface area contributed by atoms with Crippen LogP contribution in [0.3, 0.4) is 0 Å². The van der Waals surface area contributed by atoms with Crippen LogP contribution in [0.1, 0.15) is 40.2 Å². The molecule has 5 nitrogen and oxygen atoms in total. The van der Waals surface area contributed by atoms with Crippen LogP contribution in [-0.4, -0.2) is 22.4 Å². The lowest BCUT2D eigenvalue weighted by Crippen LogP contribution is -2.31. The third-order valence-corrected chi connectivity index (χ3v) is 5.88. The first-order valence-corrected chi connectivity index (χ1v) is 9.05. The zero-order chi connectivity index (χ0) is 16.7. The van der Waals surface area contributed by atoms with Gasteiger partial charge in [-0.1, -0.05) is 6.42 Å². The fourth-order valence-electron chi connectivity index (χ4n) is 3.09. The maximum absolute atomic E-state index is 12.5. The summed E-state index contributed by atoms with van der Waals surface area (Å²) in [4.78, 5) is 23.2. The van der Waals surface area contributed by atoms with Crippen molar-refractivity contribution < 1.29 is 9.21 Å². The molecule has 3 heterocycles. The second-order valence-corrected chi connectivity index (χ2v) is 7.35. The van der Waals surface area contributed by atoms with E-state index in [4.69, 9.17) is 4.42 Å². The van der Waals surface area contributed by atoms with Crippen molar-refractivity contribution in [2.75, 3.05) is 6.54 Å². The molecular weight excluding hydrogens is 322 g/mol. The predicted octanol–water partition coefficient (Wildman–Crippen LogP) is 4.10. The second-order valence-electron chi connectivity index (χ2n) is 6.35. The van der Waals surface area contributed by atoms with E-state index in [2.05, 4.69) is 15.3 Å². The molecule has 3 aromatic rings. The number of aromatic nitrogens is 2. The van der Waals surface area contributed by atoms with Gasteiger partial charge in [0.1, 0.15) is 4.83 Å². The minimum atomic E-state index is 0.00125. The number of hydrogen-bond acceptors (Lipinski definition) is 5. The summed E-state index contributed by atoms with van der Waals surface area (Å²) >= 11 is 1.43. The number of furan rings is 1. The molecular formula is C18H19N3O2S. The first kappa shape index (κ1) is 15.3. The number of fused-ring (bicyclic) bond motifs is 1. The standard InChI is InChI=1S/C18H19N3O2S/c1-10-14-11(2)20-16(13-7-4-8-23-13)21-18(14)24-15(10)17(22)19-9-12-5-3-6-12/h4,7-8,12H,3,5-6,9H2,1-2H3,(H,19,22). The first-order chi connectivity index (χ1) is 11.6. The van der Waals surface area contributed by atoms with Gasteiger partial charge in [-0.15, -0.1) is 11.3 Å². The van der Waals surface area contributed by atoms with Gasteiger partial charge in [0, 0.05) is 11.9 Å². The number of hydrogen-bond donors (Lipinski definition) is 1. The highest BCUT2D eigenvalue weighted by atomic mass is 32.1. The fraction of sp³-hybridized carbons (Fsp3) is 0.389. The molecule has 1 amide bonds. The molecule has 0 saturated heterocycles. The molecule has 0 aromatic carbocycles. The van der Waals surface area contributed by atoms with Gasteiger partial charge in [0.05, 0.1) is 16.8 Å². The Balaban J connectivity index is 1.68. The van der Waals surface area contributed by atoms with Crippen LogP contribution >= 0.6 is 11.3 Å². The van der Waals surface area contributed by atoms with Crippen molar-refractivity contribution in [3.63, 3.8) is 0 Å². The molecule has 4 rings (SSSR count). The minimum Gasteiger partial charge on any atom is -0.461 e.